The highest BCUT2D eigenvalue weighted by atomic mass is 16.5. The van der Waals surface area contributed by atoms with Crippen LogP contribution < -0.4 is 14.8 Å². The highest BCUT2D eigenvalue weighted by Gasteiger charge is 2.05. The molecule has 5 nitrogen and oxygen atoms in total. The Morgan fingerprint density at radius 3 is 2.72 bits per heavy atom. The van der Waals surface area contributed by atoms with Crippen LogP contribution in [0.2, 0.25) is 0 Å². The van der Waals surface area contributed by atoms with Gasteiger partial charge in [-0.05, 0) is 29.0 Å². The predicted octanol–water partition coefficient (Wildman–Crippen LogP) is 2.98. The molecule has 0 radical (unpaired) electrons. The number of ether oxygens (including phenoxy) is 2. The minimum atomic E-state index is -0.0946. The maximum atomic E-state index is 12.0. The summed E-state index contributed by atoms with van der Waals surface area (Å²) in [6.07, 6.45) is 1.84. The molecular weight excluding hydrogens is 316 g/mol. The second-order valence-corrected chi connectivity index (χ2v) is 5.57. The van der Waals surface area contributed by atoms with Gasteiger partial charge < -0.3 is 14.8 Å². The van der Waals surface area contributed by atoms with Crippen molar-refractivity contribution < 1.29 is 14.3 Å². The fourth-order valence-corrected chi connectivity index (χ4v) is 2.52. The summed E-state index contributed by atoms with van der Waals surface area (Å²) in [7, 11) is 1.59. The molecule has 2 aromatic carbocycles. The Morgan fingerprint density at radius 1 is 1.04 bits per heavy atom. The lowest BCUT2D eigenvalue weighted by atomic mass is 10.1. The third kappa shape index (κ3) is 4.70. The van der Waals surface area contributed by atoms with Crippen molar-refractivity contribution >= 4 is 16.7 Å². The lowest BCUT2D eigenvalue weighted by Gasteiger charge is -2.09. The molecule has 25 heavy (non-hydrogen) atoms. The first kappa shape index (κ1) is 16.8. The van der Waals surface area contributed by atoms with E-state index in [0.717, 1.165) is 11.1 Å². The maximum Gasteiger partial charge on any atom is 0.226 e. The Kier molecular flexibility index (Phi) is 5.46. The molecule has 0 saturated heterocycles. The minimum absolute atomic E-state index is 0.0946. The SMILES string of the molecule is COc1ccnc(CC(=O)NCCOc2ccc3ccccc3c2)c1. The largest absolute Gasteiger partial charge is 0.497 e. The van der Waals surface area contributed by atoms with Crippen molar-refractivity contribution in [2.75, 3.05) is 20.3 Å². The molecule has 5 heteroatoms. The van der Waals surface area contributed by atoms with Crippen molar-refractivity contribution in [1.29, 1.82) is 0 Å². The quantitative estimate of drug-likeness (QED) is 0.674. The highest BCUT2D eigenvalue weighted by Crippen LogP contribution is 2.20. The number of carbonyl (C=O) groups is 1. The van der Waals surface area contributed by atoms with E-state index in [1.165, 1.54) is 5.39 Å². The zero-order valence-electron chi connectivity index (χ0n) is 14.1. The average molecular weight is 336 g/mol. The van der Waals surface area contributed by atoms with Gasteiger partial charge in [-0.2, -0.15) is 0 Å². The van der Waals surface area contributed by atoms with Crippen LogP contribution in [-0.4, -0.2) is 31.2 Å². The number of hydrogen-bond donors (Lipinski definition) is 1. The van der Waals surface area contributed by atoms with E-state index in [0.29, 0.717) is 24.6 Å². The van der Waals surface area contributed by atoms with E-state index >= 15 is 0 Å². The summed E-state index contributed by atoms with van der Waals surface area (Å²) in [6.45, 7) is 0.852. The van der Waals surface area contributed by atoms with Crippen LogP contribution in [0.25, 0.3) is 10.8 Å². The van der Waals surface area contributed by atoms with E-state index in [1.807, 2.05) is 36.4 Å². The van der Waals surface area contributed by atoms with Gasteiger partial charge in [0.25, 0.3) is 0 Å². The highest BCUT2D eigenvalue weighted by molar-refractivity contribution is 5.83. The van der Waals surface area contributed by atoms with Crippen LogP contribution in [-0.2, 0) is 11.2 Å². The lowest BCUT2D eigenvalue weighted by molar-refractivity contribution is -0.120. The Hall–Kier alpha value is -3.08. The van der Waals surface area contributed by atoms with Crippen LogP contribution in [0.5, 0.6) is 11.5 Å². The Labute approximate surface area is 146 Å². The van der Waals surface area contributed by atoms with Crippen molar-refractivity contribution in [3.63, 3.8) is 0 Å². The molecule has 0 aliphatic rings. The first-order chi connectivity index (χ1) is 12.2. The van der Waals surface area contributed by atoms with Gasteiger partial charge in [0.05, 0.1) is 25.8 Å². The Morgan fingerprint density at radius 2 is 1.88 bits per heavy atom. The van der Waals surface area contributed by atoms with Gasteiger partial charge in [0.2, 0.25) is 5.91 Å². The molecule has 0 unspecified atom stereocenters. The molecule has 128 valence electrons. The van der Waals surface area contributed by atoms with Gasteiger partial charge in [-0.1, -0.05) is 30.3 Å². The van der Waals surface area contributed by atoms with Gasteiger partial charge in [0.1, 0.15) is 18.1 Å². The molecule has 0 fully saturated rings. The van der Waals surface area contributed by atoms with Gasteiger partial charge in [-0.15, -0.1) is 0 Å². The number of aromatic nitrogens is 1. The van der Waals surface area contributed by atoms with Gasteiger partial charge in [-0.3, -0.25) is 9.78 Å². The molecule has 1 aromatic heterocycles. The Bertz CT molecular complexity index is 864. The van der Waals surface area contributed by atoms with E-state index in [1.54, 1.807) is 25.4 Å². The van der Waals surface area contributed by atoms with Crippen LogP contribution >= 0.6 is 0 Å². The molecule has 0 aliphatic heterocycles. The normalized spacial score (nSPS) is 10.4. The first-order valence-electron chi connectivity index (χ1n) is 8.12. The van der Waals surface area contributed by atoms with E-state index in [2.05, 4.69) is 16.4 Å². The third-order valence-corrected chi connectivity index (χ3v) is 3.78. The van der Waals surface area contributed by atoms with Gasteiger partial charge in [-0.25, -0.2) is 0 Å². The summed E-state index contributed by atoms with van der Waals surface area (Å²) in [5.74, 6) is 1.39. The zero-order chi connectivity index (χ0) is 17.5. The molecular formula is C20H20N2O3. The molecule has 1 N–H and O–H groups in total. The number of methoxy groups -OCH3 is 1. The van der Waals surface area contributed by atoms with Crippen molar-refractivity contribution in [2.45, 2.75) is 6.42 Å². The molecule has 0 atom stereocenters. The molecule has 3 aromatic rings. The average Bonchev–Trinajstić information content (AvgIpc) is 2.65. The van der Waals surface area contributed by atoms with Crippen molar-refractivity contribution in [1.82, 2.24) is 10.3 Å². The molecule has 0 bridgehead atoms. The van der Waals surface area contributed by atoms with Crippen molar-refractivity contribution in [3.05, 3.63) is 66.5 Å². The predicted molar refractivity (Wildman–Crippen MR) is 96.9 cm³/mol. The monoisotopic (exact) mass is 336 g/mol. The third-order valence-electron chi connectivity index (χ3n) is 3.78. The second-order valence-electron chi connectivity index (χ2n) is 5.57. The van der Waals surface area contributed by atoms with E-state index in [4.69, 9.17) is 9.47 Å². The number of fused-ring (bicyclic) bond motifs is 1. The lowest BCUT2D eigenvalue weighted by Crippen LogP contribution is -2.29. The molecule has 1 heterocycles. The van der Waals surface area contributed by atoms with Crippen LogP contribution in [0, 0.1) is 0 Å². The number of nitrogens with one attached hydrogen (secondary N) is 1. The van der Waals surface area contributed by atoms with Crippen LogP contribution in [0.3, 0.4) is 0 Å². The summed E-state index contributed by atoms with van der Waals surface area (Å²) in [6, 6.07) is 17.6. The topological polar surface area (TPSA) is 60.5 Å². The van der Waals surface area contributed by atoms with E-state index < -0.39 is 0 Å². The molecule has 0 saturated carbocycles. The van der Waals surface area contributed by atoms with Crippen molar-refractivity contribution in [3.8, 4) is 11.5 Å². The summed E-state index contributed by atoms with van der Waals surface area (Å²) >= 11 is 0. The van der Waals surface area contributed by atoms with Crippen LogP contribution in [0.1, 0.15) is 5.69 Å². The first-order valence-corrected chi connectivity index (χ1v) is 8.12. The summed E-state index contributed by atoms with van der Waals surface area (Å²) in [5, 5.41) is 5.14. The van der Waals surface area contributed by atoms with Gasteiger partial charge >= 0.3 is 0 Å². The van der Waals surface area contributed by atoms with Gasteiger partial charge in [0, 0.05) is 12.3 Å². The van der Waals surface area contributed by atoms with Crippen molar-refractivity contribution in [2.24, 2.45) is 0 Å². The smallest absolute Gasteiger partial charge is 0.226 e. The van der Waals surface area contributed by atoms with Crippen LogP contribution in [0.4, 0.5) is 0 Å². The summed E-state index contributed by atoms with van der Waals surface area (Å²) < 4.78 is 10.8. The summed E-state index contributed by atoms with van der Waals surface area (Å²) in [4.78, 5) is 16.1. The van der Waals surface area contributed by atoms with Gasteiger partial charge in [0.15, 0.2) is 0 Å². The molecule has 0 spiro atoms. The summed E-state index contributed by atoms with van der Waals surface area (Å²) in [5.41, 5.74) is 0.673. The maximum absolute atomic E-state index is 12.0. The van der Waals surface area contributed by atoms with Crippen LogP contribution in [0.15, 0.2) is 60.8 Å². The number of rotatable bonds is 7. The molecule has 3 rings (SSSR count). The number of hydrogen-bond acceptors (Lipinski definition) is 4. The molecule has 1 amide bonds. The standard InChI is InChI=1S/C20H20N2O3/c1-24-18-8-9-21-17(13-18)14-20(23)22-10-11-25-19-7-6-15-4-2-3-5-16(15)12-19/h2-9,12-13H,10-11,14H2,1H3,(H,22,23). The molecule has 0 aliphatic carbocycles. The zero-order valence-corrected chi connectivity index (χ0v) is 14.1. The Balaban J connectivity index is 1.44. The number of amides is 1. The number of benzene rings is 2. The fourth-order valence-electron chi connectivity index (χ4n) is 2.52. The number of carbonyl (C=O) groups excluding carboxylic acids is 1. The number of nitrogens with zero attached hydrogens (tertiary/aromatic N) is 1. The number of pyridine rings is 1. The van der Waals surface area contributed by atoms with E-state index in [9.17, 15) is 4.79 Å². The second kappa shape index (κ2) is 8.15. The van der Waals surface area contributed by atoms with E-state index in [-0.39, 0.29) is 12.3 Å². The fraction of sp³-hybridized carbons (Fsp3) is 0.200. The minimum Gasteiger partial charge on any atom is -0.497 e.